The maximum atomic E-state index is 12.7. The Morgan fingerprint density at radius 3 is 2.41 bits per heavy atom. The molecule has 0 fully saturated rings. The van der Waals surface area contributed by atoms with Gasteiger partial charge in [0.05, 0.1) is 10.6 Å². The Balaban J connectivity index is 1.89. The van der Waals surface area contributed by atoms with Gasteiger partial charge in [-0.2, -0.15) is 0 Å². The number of hydrogen-bond donors (Lipinski definition) is 1. The number of rotatable bonds is 3. The first kappa shape index (κ1) is 17.6. The van der Waals surface area contributed by atoms with Crippen LogP contribution in [-0.2, 0) is 9.59 Å². The van der Waals surface area contributed by atoms with Gasteiger partial charge in [-0.1, -0.05) is 65.7 Å². The first-order valence-electron chi connectivity index (χ1n) is 8.24. The Hall–Kier alpha value is -2.82. The summed E-state index contributed by atoms with van der Waals surface area (Å²) in [7, 11) is 1.45. The van der Waals surface area contributed by atoms with Crippen LogP contribution < -0.4 is 5.32 Å². The Kier molecular flexibility index (Phi) is 4.38. The average Bonchev–Trinajstić information content (AvgIpc) is 2.86. The second-order valence-electron chi connectivity index (χ2n) is 6.20. The third kappa shape index (κ3) is 2.97. The van der Waals surface area contributed by atoms with E-state index in [1.54, 1.807) is 18.2 Å². The number of nitrogens with one attached hydrogen (secondary N) is 1. The van der Waals surface area contributed by atoms with Gasteiger partial charge in [0.15, 0.2) is 0 Å². The van der Waals surface area contributed by atoms with Gasteiger partial charge in [0, 0.05) is 28.7 Å². The van der Waals surface area contributed by atoms with Crippen molar-refractivity contribution >= 4 is 57.0 Å². The lowest BCUT2D eigenvalue weighted by Gasteiger charge is -2.12. The van der Waals surface area contributed by atoms with Crippen molar-refractivity contribution in [2.75, 3.05) is 12.4 Å². The molecule has 4 nitrogen and oxygen atoms in total. The number of anilines is 1. The Morgan fingerprint density at radius 2 is 1.63 bits per heavy atom. The van der Waals surface area contributed by atoms with Crippen LogP contribution in [0.3, 0.4) is 0 Å². The van der Waals surface area contributed by atoms with E-state index in [2.05, 4.69) is 5.32 Å². The third-order valence-corrected chi connectivity index (χ3v) is 5.08. The zero-order valence-corrected chi connectivity index (χ0v) is 15.8. The standard InChI is InChI=1S/C21H14Cl2N2O2/c1-25-20(26)18(15-10-9-13(22)11-16(15)23)19(21(25)27)24-17-8-4-6-12-5-2-3-7-14(12)17/h2-11,24H,1H3. The van der Waals surface area contributed by atoms with Gasteiger partial charge in [0.25, 0.3) is 11.8 Å². The number of benzene rings is 3. The molecule has 1 aliphatic heterocycles. The van der Waals surface area contributed by atoms with E-state index in [1.807, 2.05) is 42.5 Å². The first-order chi connectivity index (χ1) is 13.0. The third-order valence-electron chi connectivity index (χ3n) is 4.54. The summed E-state index contributed by atoms with van der Waals surface area (Å²) < 4.78 is 0. The predicted molar refractivity (Wildman–Crippen MR) is 109 cm³/mol. The van der Waals surface area contributed by atoms with Gasteiger partial charge in [-0.3, -0.25) is 14.5 Å². The number of amides is 2. The summed E-state index contributed by atoms with van der Waals surface area (Å²) in [6, 6.07) is 18.4. The average molecular weight is 397 g/mol. The Labute approximate surface area is 166 Å². The molecule has 0 unspecified atom stereocenters. The van der Waals surface area contributed by atoms with Gasteiger partial charge in [0.2, 0.25) is 0 Å². The van der Waals surface area contributed by atoms with E-state index in [4.69, 9.17) is 23.2 Å². The summed E-state index contributed by atoms with van der Waals surface area (Å²) in [6.45, 7) is 0. The zero-order chi connectivity index (χ0) is 19.1. The summed E-state index contributed by atoms with van der Waals surface area (Å²) in [6.07, 6.45) is 0. The Bertz CT molecular complexity index is 1130. The van der Waals surface area contributed by atoms with Gasteiger partial charge >= 0.3 is 0 Å². The molecule has 1 aliphatic rings. The molecule has 1 N–H and O–H groups in total. The van der Waals surface area contributed by atoms with Crippen molar-refractivity contribution in [1.82, 2.24) is 4.90 Å². The largest absolute Gasteiger partial charge is 0.350 e. The SMILES string of the molecule is CN1C(=O)C(Nc2cccc3ccccc23)=C(c2ccc(Cl)cc2Cl)C1=O. The molecule has 0 saturated heterocycles. The van der Waals surface area contributed by atoms with Gasteiger partial charge in [-0.15, -0.1) is 0 Å². The molecule has 4 rings (SSSR count). The van der Waals surface area contributed by atoms with E-state index in [-0.39, 0.29) is 11.3 Å². The number of halogens is 2. The molecule has 3 aromatic carbocycles. The topological polar surface area (TPSA) is 49.4 Å². The van der Waals surface area contributed by atoms with Crippen LogP contribution in [0.4, 0.5) is 5.69 Å². The number of imide groups is 1. The number of likely N-dealkylation sites (N-methyl/N-ethyl adjacent to an activating group) is 1. The van der Waals surface area contributed by atoms with Gasteiger partial charge in [-0.05, 0) is 23.6 Å². The summed E-state index contributed by atoms with van der Waals surface area (Å²) in [5, 5.41) is 5.90. The minimum atomic E-state index is -0.410. The lowest BCUT2D eigenvalue weighted by Crippen LogP contribution is -2.27. The molecule has 134 valence electrons. The van der Waals surface area contributed by atoms with E-state index >= 15 is 0 Å². The molecule has 0 aliphatic carbocycles. The van der Waals surface area contributed by atoms with E-state index in [0.29, 0.717) is 15.6 Å². The van der Waals surface area contributed by atoms with Crippen LogP contribution in [0.15, 0.2) is 66.4 Å². The highest BCUT2D eigenvalue weighted by atomic mass is 35.5. The van der Waals surface area contributed by atoms with Crippen molar-refractivity contribution in [2.45, 2.75) is 0 Å². The van der Waals surface area contributed by atoms with Crippen molar-refractivity contribution in [3.63, 3.8) is 0 Å². The highest BCUT2D eigenvalue weighted by Crippen LogP contribution is 2.35. The maximum Gasteiger partial charge on any atom is 0.277 e. The van der Waals surface area contributed by atoms with Crippen LogP contribution in [0.5, 0.6) is 0 Å². The molecule has 0 radical (unpaired) electrons. The highest BCUT2D eigenvalue weighted by molar-refractivity contribution is 6.41. The molecule has 0 aromatic heterocycles. The molecule has 0 atom stereocenters. The minimum Gasteiger partial charge on any atom is -0.350 e. The molecule has 0 saturated carbocycles. The molecule has 0 bridgehead atoms. The van der Waals surface area contributed by atoms with Crippen LogP contribution in [0.2, 0.25) is 10.0 Å². The van der Waals surface area contributed by atoms with E-state index in [0.717, 1.165) is 21.4 Å². The molecule has 2 amide bonds. The quantitative estimate of drug-likeness (QED) is 0.635. The molecule has 27 heavy (non-hydrogen) atoms. The summed E-state index contributed by atoms with van der Waals surface area (Å²) in [4.78, 5) is 26.5. The number of fused-ring (bicyclic) bond motifs is 1. The van der Waals surface area contributed by atoms with Crippen LogP contribution >= 0.6 is 23.2 Å². The lowest BCUT2D eigenvalue weighted by atomic mass is 10.0. The van der Waals surface area contributed by atoms with Crippen LogP contribution in [0.1, 0.15) is 5.56 Å². The molecule has 6 heteroatoms. The second kappa shape index (κ2) is 6.72. The van der Waals surface area contributed by atoms with Crippen LogP contribution in [-0.4, -0.2) is 23.8 Å². The van der Waals surface area contributed by atoms with Gasteiger partial charge < -0.3 is 5.32 Å². The molecule has 3 aromatic rings. The summed E-state index contributed by atoms with van der Waals surface area (Å²) in [5.41, 5.74) is 1.63. The van der Waals surface area contributed by atoms with Gasteiger partial charge in [0.1, 0.15) is 5.70 Å². The fourth-order valence-electron chi connectivity index (χ4n) is 3.17. The van der Waals surface area contributed by atoms with Crippen molar-refractivity contribution in [1.29, 1.82) is 0 Å². The summed E-state index contributed by atoms with van der Waals surface area (Å²) in [5.74, 6) is -0.819. The lowest BCUT2D eigenvalue weighted by molar-refractivity contribution is -0.135. The number of carbonyl (C=O) groups is 2. The van der Waals surface area contributed by atoms with Crippen molar-refractivity contribution in [3.05, 3.63) is 82.0 Å². The smallest absolute Gasteiger partial charge is 0.277 e. The van der Waals surface area contributed by atoms with Crippen LogP contribution in [0, 0.1) is 0 Å². The monoisotopic (exact) mass is 396 g/mol. The zero-order valence-electron chi connectivity index (χ0n) is 14.3. The van der Waals surface area contributed by atoms with Crippen LogP contribution in [0.25, 0.3) is 16.3 Å². The molecule has 0 spiro atoms. The fourth-order valence-corrected chi connectivity index (χ4v) is 3.67. The fraction of sp³-hybridized carbons (Fsp3) is 0.0476. The predicted octanol–water partition coefficient (Wildman–Crippen LogP) is 4.97. The molecule has 1 heterocycles. The number of hydrogen-bond acceptors (Lipinski definition) is 3. The normalized spacial score (nSPS) is 14.4. The summed E-state index contributed by atoms with van der Waals surface area (Å²) >= 11 is 12.3. The number of carbonyl (C=O) groups excluding carboxylic acids is 2. The van der Waals surface area contributed by atoms with E-state index in [9.17, 15) is 9.59 Å². The second-order valence-corrected chi connectivity index (χ2v) is 7.04. The molecular formula is C21H14Cl2N2O2. The maximum absolute atomic E-state index is 12.7. The van der Waals surface area contributed by atoms with Gasteiger partial charge in [-0.25, -0.2) is 0 Å². The van der Waals surface area contributed by atoms with Crippen molar-refractivity contribution < 1.29 is 9.59 Å². The van der Waals surface area contributed by atoms with E-state index < -0.39 is 11.8 Å². The highest BCUT2D eigenvalue weighted by Gasteiger charge is 2.37. The van der Waals surface area contributed by atoms with E-state index in [1.165, 1.54) is 7.05 Å². The minimum absolute atomic E-state index is 0.197. The van der Waals surface area contributed by atoms with Crippen molar-refractivity contribution in [2.24, 2.45) is 0 Å². The number of nitrogens with zero attached hydrogens (tertiary/aromatic N) is 1. The molecular weight excluding hydrogens is 383 g/mol. The Morgan fingerprint density at radius 1 is 0.889 bits per heavy atom. The first-order valence-corrected chi connectivity index (χ1v) is 9.00. The van der Waals surface area contributed by atoms with Crippen molar-refractivity contribution in [3.8, 4) is 0 Å².